The van der Waals surface area contributed by atoms with E-state index in [0.29, 0.717) is 18.3 Å². The van der Waals surface area contributed by atoms with Crippen LogP contribution in [0.25, 0.3) is 0 Å². The number of sulfone groups is 1. The molecule has 1 atom stereocenters. The SMILES string of the molecule is CCN(C1CCCC1)C1(CN)CCCS(=O)(=O)C1. The summed E-state index contributed by atoms with van der Waals surface area (Å²) in [5, 5.41) is 0. The molecule has 1 aliphatic heterocycles. The zero-order valence-electron chi connectivity index (χ0n) is 11.4. The fourth-order valence-electron chi connectivity index (χ4n) is 3.88. The lowest BCUT2D eigenvalue weighted by Gasteiger charge is -2.48. The summed E-state index contributed by atoms with van der Waals surface area (Å²) >= 11 is 0. The first-order chi connectivity index (χ1) is 8.53. The summed E-state index contributed by atoms with van der Waals surface area (Å²) in [5.41, 5.74) is 5.71. The Balaban J connectivity index is 2.23. The van der Waals surface area contributed by atoms with Gasteiger partial charge in [0.05, 0.1) is 11.5 Å². The van der Waals surface area contributed by atoms with E-state index < -0.39 is 9.84 Å². The van der Waals surface area contributed by atoms with Crippen molar-refractivity contribution in [1.29, 1.82) is 0 Å². The molecule has 2 N–H and O–H groups in total. The second kappa shape index (κ2) is 5.47. The highest BCUT2D eigenvalue weighted by molar-refractivity contribution is 7.91. The zero-order valence-corrected chi connectivity index (χ0v) is 12.2. The first kappa shape index (κ1) is 14.3. The van der Waals surface area contributed by atoms with Crippen LogP contribution in [0.5, 0.6) is 0 Å². The topological polar surface area (TPSA) is 63.4 Å². The quantitative estimate of drug-likeness (QED) is 0.835. The van der Waals surface area contributed by atoms with Gasteiger partial charge in [0, 0.05) is 18.1 Å². The summed E-state index contributed by atoms with van der Waals surface area (Å²) in [6.07, 6.45) is 6.66. The zero-order chi connectivity index (χ0) is 13.2. The molecule has 0 aromatic heterocycles. The molecule has 4 nitrogen and oxygen atoms in total. The fourth-order valence-corrected chi connectivity index (χ4v) is 5.85. The maximum absolute atomic E-state index is 12.0. The third-order valence-electron chi connectivity index (χ3n) is 4.68. The van der Waals surface area contributed by atoms with Crippen LogP contribution in [0.3, 0.4) is 0 Å². The van der Waals surface area contributed by atoms with Crippen molar-refractivity contribution in [1.82, 2.24) is 4.90 Å². The van der Waals surface area contributed by atoms with Gasteiger partial charge in [0.2, 0.25) is 0 Å². The van der Waals surface area contributed by atoms with E-state index in [-0.39, 0.29) is 11.3 Å². The summed E-state index contributed by atoms with van der Waals surface area (Å²) in [6, 6.07) is 0.548. The van der Waals surface area contributed by atoms with Crippen LogP contribution in [0.1, 0.15) is 45.4 Å². The summed E-state index contributed by atoms with van der Waals surface area (Å²) in [5.74, 6) is 0.609. The Hall–Kier alpha value is -0.130. The molecule has 0 aromatic carbocycles. The standard InChI is InChI=1S/C13H26N2O2S/c1-2-15(12-6-3-4-7-12)13(10-14)8-5-9-18(16,17)11-13/h12H,2-11,14H2,1H3. The Morgan fingerprint density at radius 2 is 1.94 bits per heavy atom. The lowest BCUT2D eigenvalue weighted by molar-refractivity contribution is 0.0608. The monoisotopic (exact) mass is 274 g/mol. The third-order valence-corrected chi connectivity index (χ3v) is 6.57. The molecule has 18 heavy (non-hydrogen) atoms. The molecule has 1 saturated heterocycles. The molecule has 1 aliphatic carbocycles. The summed E-state index contributed by atoms with van der Waals surface area (Å²) in [7, 11) is -2.91. The number of nitrogens with zero attached hydrogens (tertiary/aromatic N) is 1. The predicted molar refractivity (Wildman–Crippen MR) is 74.3 cm³/mol. The first-order valence-electron chi connectivity index (χ1n) is 7.20. The van der Waals surface area contributed by atoms with E-state index >= 15 is 0 Å². The Morgan fingerprint density at radius 3 is 2.44 bits per heavy atom. The van der Waals surface area contributed by atoms with Crippen molar-refractivity contribution < 1.29 is 8.42 Å². The summed E-state index contributed by atoms with van der Waals surface area (Å²) < 4.78 is 24.0. The minimum absolute atomic E-state index is 0.265. The van der Waals surface area contributed by atoms with Gasteiger partial charge in [-0.15, -0.1) is 0 Å². The molecule has 0 amide bonds. The van der Waals surface area contributed by atoms with Gasteiger partial charge in [0.1, 0.15) is 0 Å². The van der Waals surface area contributed by atoms with Gasteiger partial charge in [-0.05, 0) is 32.2 Å². The molecule has 1 saturated carbocycles. The molecular formula is C13H26N2O2S. The highest BCUT2D eigenvalue weighted by atomic mass is 32.2. The highest BCUT2D eigenvalue weighted by Gasteiger charge is 2.44. The van der Waals surface area contributed by atoms with Gasteiger partial charge in [-0.3, -0.25) is 4.90 Å². The van der Waals surface area contributed by atoms with Gasteiger partial charge < -0.3 is 5.73 Å². The van der Waals surface area contributed by atoms with Gasteiger partial charge in [-0.2, -0.15) is 0 Å². The predicted octanol–water partition coefficient (Wildman–Crippen LogP) is 1.16. The van der Waals surface area contributed by atoms with Crippen LogP contribution in [0.2, 0.25) is 0 Å². The average Bonchev–Trinajstić information content (AvgIpc) is 2.82. The maximum atomic E-state index is 12.0. The summed E-state index contributed by atoms with van der Waals surface area (Å²) in [6.45, 7) is 3.52. The molecule has 0 spiro atoms. The number of hydrogen-bond donors (Lipinski definition) is 1. The average molecular weight is 274 g/mol. The Bertz CT molecular complexity index is 376. The van der Waals surface area contributed by atoms with Crippen LogP contribution in [0.15, 0.2) is 0 Å². The second-order valence-electron chi connectivity index (χ2n) is 5.85. The van der Waals surface area contributed by atoms with Crippen molar-refractivity contribution in [3.05, 3.63) is 0 Å². The summed E-state index contributed by atoms with van der Waals surface area (Å²) in [4.78, 5) is 2.41. The van der Waals surface area contributed by atoms with Crippen molar-refractivity contribution in [2.75, 3.05) is 24.6 Å². The van der Waals surface area contributed by atoms with E-state index in [1.807, 2.05) is 0 Å². The van der Waals surface area contributed by atoms with Crippen LogP contribution in [0, 0.1) is 0 Å². The van der Waals surface area contributed by atoms with Gasteiger partial charge in [0.15, 0.2) is 9.84 Å². The van der Waals surface area contributed by atoms with E-state index in [0.717, 1.165) is 19.4 Å². The Morgan fingerprint density at radius 1 is 1.28 bits per heavy atom. The lowest BCUT2D eigenvalue weighted by Crippen LogP contribution is -2.62. The van der Waals surface area contributed by atoms with Crippen LogP contribution in [0.4, 0.5) is 0 Å². The van der Waals surface area contributed by atoms with Gasteiger partial charge in [-0.1, -0.05) is 19.8 Å². The third kappa shape index (κ3) is 2.73. The van der Waals surface area contributed by atoms with Crippen molar-refractivity contribution in [3.8, 4) is 0 Å². The fraction of sp³-hybridized carbons (Fsp3) is 1.00. The highest BCUT2D eigenvalue weighted by Crippen LogP contribution is 2.34. The van der Waals surface area contributed by atoms with E-state index in [9.17, 15) is 8.42 Å². The largest absolute Gasteiger partial charge is 0.329 e. The van der Waals surface area contributed by atoms with Gasteiger partial charge in [-0.25, -0.2) is 8.42 Å². The molecule has 2 aliphatic rings. The lowest BCUT2D eigenvalue weighted by atomic mass is 9.91. The number of hydrogen-bond acceptors (Lipinski definition) is 4. The van der Waals surface area contributed by atoms with Crippen LogP contribution < -0.4 is 5.73 Å². The molecule has 2 fully saturated rings. The molecule has 0 aromatic rings. The first-order valence-corrected chi connectivity index (χ1v) is 9.02. The van der Waals surface area contributed by atoms with E-state index in [1.54, 1.807) is 0 Å². The van der Waals surface area contributed by atoms with Crippen LogP contribution in [-0.4, -0.2) is 49.5 Å². The molecule has 0 bridgehead atoms. The van der Waals surface area contributed by atoms with Crippen molar-refractivity contribution in [3.63, 3.8) is 0 Å². The minimum Gasteiger partial charge on any atom is -0.329 e. The van der Waals surface area contributed by atoms with Crippen LogP contribution in [-0.2, 0) is 9.84 Å². The van der Waals surface area contributed by atoms with E-state index in [1.165, 1.54) is 25.7 Å². The second-order valence-corrected chi connectivity index (χ2v) is 8.03. The number of rotatable bonds is 4. The Labute approximate surface area is 111 Å². The number of likely N-dealkylation sites (N-methyl/N-ethyl adjacent to an activating group) is 1. The van der Waals surface area contributed by atoms with Crippen molar-refractivity contribution >= 4 is 9.84 Å². The molecule has 0 radical (unpaired) electrons. The number of nitrogens with two attached hydrogens (primary N) is 1. The van der Waals surface area contributed by atoms with Crippen molar-refractivity contribution in [2.24, 2.45) is 5.73 Å². The molecule has 5 heteroatoms. The van der Waals surface area contributed by atoms with E-state index in [2.05, 4.69) is 11.8 Å². The smallest absolute Gasteiger partial charge is 0.152 e. The molecule has 106 valence electrons. The molecule has 2 rings (SSSR count). The molecular weight excluding hydrogens is 248 g/mol. The van der Waals surface area contributed by atoms with Gasteiger partial charge in [0.25, 0.3) is 0 Å². The van der Waals surface area contributed by atoms with E-state index in [4.69, 9.17) is 5.73 Å². The molecule has 1 unspecified atom stereocenters. The van der Waals surface area contributed by atoms with Gasteiger partial charge >= 0.3 is 0 Å². The minimum atomic E-state index is -2.91. The van der Waals surface area contributed by atoms with Crippen molar-refractivity contribution in [2.45, 2.75) is 57.0 Å². The van der Waals surface area contributed by atoms with Crippen LogP contribution >= 0.6 is 0 Å². The molecule has 1 heterocycles. The Kier molecular flexibility index (Phi) is 4.34. The normalized spacial score (nSPS) is 33.1. The maximum Gasteiger partial charge on any atom is 0.152 e.